The summed E-state index contributed by atoms with van der Waals surface area (Å²) >= 11 is 0. The predicted octanol–water partition coefficient (Wildman–Crippen LogP) is 3.00. The number of anilines is 1. The van der Waals surface area contributed by atoms with Gasteiger partial charge in [0.25, 0.3) is 0 Å². The van der Waals surface area contributed by atoms with Gasteiger partial charge in [0.1, 0.15) is 11.8 Å². The normalized spacial score (nSPS) is 23.1. The minimum atomic E-state index is -0.0409. The van der Waals surface area contributed by atoms with Crippen molar-refractivity contribution in [3.8, 4) is 5.75 Å². The summed E-state index contributed by atoms with van der Waals surface area (Å²) in [7, 11) is 1.67. The summed E-state index contributed by atoms with van der Waals surface area (Å²) in [6, 6.07) is 6.19. The van der Waals surface area contributed by atoms with Crippen molar-refractivity contribution in [3.63, 3.8) is 0 Å². The Morgan fingerprint density at radius 1 is 1.50 bits per heavy atom. The number of nitrogens with zero attached hydrogens (tertiary/aromatic N) is 2. The minimum absolute atomic E-state index is 0.0409. The quantitative estimate of drug-likeness (QED) is 0.794. The molecule has 0 bridgehead atoms. The minimum Gasteiger partial charge on any atom is -0.497 e. The summed E-state index contributed by atoms with van der Waals surface area (Å²) in [5, 5.41) is 3.73. The molecule has 2 atom stereocenters. The van der Waals surface area contributed by atoms with Crippen molar-refractivity contribution in [2.45, 2.75) is 25.9 Å². The summed E-state index contributed by atoms with van der Waals surface area (Å²) in [4.78, 5) is 2.26. The Morgan fingerprint density at radius 3 is 2.81 bits per heavy atom. The molecule has 86 valence electrons. The molecule has 0 saturated heterocycles. The average molecular weight is 219 g/mol. The summed E-state index contributed by atoms with van der Waals surface area (Å²) < 4.78 is 5.23. The molecular formula is C12H17N3O. The lowest BCUT2D eigenvalue weighted by molar-refractivity contribution is 0.415. The largest absolute Gasteiger partial charge is 0.497 e. The molecule has 1 aromatic carbocycles. The van der Waals surface area contributed by atoms with Gasteiger partial charge in [-0.15, -0.1) is 0 Å². The summed E-state index contributed by atoms with van der Waals surface area (Å²) in [6.45, 7) is 5.15. The average Bonchev–Trinajstić information content (AvgIpc) is 2.59. The highest BCUT2D eigenvalue weighted by molar-refractivity contribution is 5.64. The topological polar surface area (TPSA) is 48.7 Å². The molecule has 1 N–H and O–H groups in total. The first-order valence-corrected chi connectivity index (χ1v) is 5.54. The van der Waals surface area contributed by atoms with Crippen molar-refractivity contribution in [1.82, 2.24) is 0 Å². The molecule has 0 saturated carbocycles. The van der Waals surface area contributed by atoms with Crippen molar-refractivity contribution in [1.29, 1.82) is 5.53 Å². The van der Waals surface area contributed by atoms with Gasteiger partial charge in [0.15, 0.2) is 0 Å². The van der Waals surface area contributed by atoms with Crippen LogP contribution >= 0.6 is 0 Å². The van der Waals surface area contributed by atoms with E-state index in [-0.39, 0.29) is 12.1 Å². The Labute approximate surface area is 95.7 Å². The number of fused-ring (bicyclic) bond motifs is 1. The maximum Gasteiger partial charge on any atom is 0.120 e. The summed E-state index contributed by atoms with van der Waals surface area (Å²) in [5.74, 6) is 0.857. The monoisotopic (exact) mass is 219 g/mol. The van der Waals surface area contributed by atoms with Crippen molar-refractivity contribution < 1.29 is 4.74 Å². The lowest BCUT2D eigenvalue weighted by atomic mass is 10.1. The van der Waals surface area contributed by atoms with E-state index in [4.69, 9.17) is 10.3 Å². The molecule has 1 heterocycles. The van der Waals surface area contributed by atoms with Crippen LogP contribution in [0.15, 0.2) is 23.3 Å². The second kappa shape index (κ2) is 4.12. The van der Waals surface area contributed by atoms with Crippen LogP contribution in [0.4, 0.5) is 5.69 Å². The molecule has 0 aromatic heterocycles. The zero-order valence-electron chi connectivity index (χ0n) is 9.90. The maximum atomic E-state index is 7.29. The van der Waals surface area contributed by atoms with Crippen LogP contribution in [0.5, 0.6) is 5.75 Å². The Morgan fingerprint density at radius 2 is 2.25 bits per heavy atom. The van der Waals surface area contributed by atoms with Crippen molar-refractivity contribution in [2.24, 2.45) is 5.11 Å². The molecular weight excluding hydrogens is 202 g/mol. The van der Waals surface area contributed by atoms with Gasteiger partial charge in [0.05, 0.1) is 13.2 Å². The van der Waals surface area contributed by atoms with E-state index >= 15 is 0 Å². The molecule has 4 heteroatoms. The van der Waals surface area contributed by atoms with Crippen LogP contribution in [0.3, 0.4) is 0 Å². The molecule has 0 fully saturated rings. The second-order valence-electron chi connectivity index (χ2n) is 4.03. The van der Waals surface area contributed by atoms with Crippen LogP contribution in [0.25, 0.3) is 0 Å². The van der Waals surface area contributed by atoms with Crippen LogP contribution in [0.2, 0.25) is 0 Å². The van der Waals surface area contributed by atoms with Gasteiger partial charge in [-0.25, -0.2) is 5.53 Å². The first-order valence-electron chi connectivity index (χ1n) is 5.54. The smallest absolute Gasteiger partial charge is 0.120 e. The van der Waals surface area contributed by atoms with E-state index in [9.17, 15) is 0 Å². The van der Waals surface area contributed by atoms with E-state index in [0.29, 0.717) is 0 Å². The molecule has 16 heavy (non-hydrogen) atoms. The van der Waals surface area contributed by atoms with Crippen LogP contribution in [-0.2, 0) is 0 Å². The molecule has 2 rings (SSSR count). The third-order valence-corrected chi connectivity index (χ3v) is 3.29. The molecule has 1 aromatic rings. The van der Waals surface area contributed by atoms with Gasteiger partial charge in [-0.05, 0) is 19.9 Å². The number of hydrogen-bond donors (Lipinski definition) is 1. The third-order valence-electron chi connectivity index (χ3n) is 3.29. The van der Waals surface area contributed by atoms with Gasteiger partial charge in [-0.2, -0.15) is 5.11 Å². The van der Waals surface area contributed by atoms with Gasteiger partial charge in [0, 0.05) is 23.9 Å². The molecule has 0 spiro atoms. The highest BCUT2D eigenvalue weighted by Crippen LogP contribution is 2.42. The predicted molar refractivity (Wildman–Crippen MR) is 63.4 cm³/mol. The highest BCUT2D eigenvalue weighted by atomic mass is 16.5. The first kappa shape index (κ1) is 10.9. The van der Waals surface area contributed by atoms with Crippen LogP contribution < -0.4 is 9.64 Å². The number of nitrogens with one attached hydrogen (secondary N) is 1. The standard InChI is InChI=1S/C12H17N3O/c1-4-15-8(2)12(14-13)10-6-5-9(16-3)7-11(10)15/h5-8,12-13H,4H2,1-3H3/t8-,12?/m1/s1. The summed E-state index contributed by atoms with van der Waals surface area (Å²) in [5.41, 5.74) is 9.57. The van der Waals surface area contributed by atoms with Crippen LogP contribution in [0.1, 0.15) is 25.5 Å². The summed E-state index contributed by atoms with van der Waals surface area (Å²) in [6.07, 6.45) is 0. The van der Waals surface area contributed by atoms with Crippen LogP contribution in [-0.4, -0.2) is 19.7 Å². The van der Waals surface area contributed by atoms with Crippen molar-refractivity contribution in [2.75, 3.05) is 18.6 Å². The number of benzene rings is 1. The maximum absolute atomic E-state index is 7.29. The fourth-order valence-electron chi connectivity index (χ4n) is 2.43. The molecule has 0 amide bonds. The number of ether oxygens (including phenoxy) is 1. The van der Waals surface area contributed by atoms with Gasteiger partial charge in [-0.1, -0.05) is 6.07 Å². The molecule has 4 nitrogen and oxygen atoms in total. The highest BCUT2D eigenvalue weighted by Gasteiger charge is 2.34. The molecule has 1 aliphatic heterocycles. The molecule has 0 radical (unpaired) electrons. The number of methoxy groups -OCH3 is 1. The second-order valence-corrected chi connectivity index (χ2v) is 4.03. The van der Waals surface area contributed by atoms with Crippen molar-refractivity contribution >= 4 is 5.69 Å². The Bertz CT molecular complexity index is 405. The number of hydrogen-bond acceptors (Lipinski definition) is 4. The third kappa shape index (κ3) is 1.45. The Balaban J connectivity index is 2.50. The van der Waals surface area contributed by atoms with E-state index in [0.717, 1.165) is 23.5 Å². The fraction of sp³-hybridized carbons (Fsp3) is 0.500. The Hall–Kier alpha value is -1.58. The van der Waals surface area contributed by atoms with Gasteiger partial charge in [-0.3, -0.25) is 0 Å². The fourth-order valence-corrected chi connectivity index (χ4v) is 2.43. The van der Waals surface area contributed by atoms with Gasteiger partial charge >= 0.3 is 0 Å². The zero-order valence-corrected chi connectivity index (χ0v) is 9.90. The SMILES string of the molecule is CCN1c2cc(OC)ccc2C(N=N)[C@H]1C. The number of rotatable bonds is 3. The Kier molecular flexibility index (Phi) is 2.81. The molecule has 0 aliphatic carbocycles. The van der Waals surface area contributed by atoms with Gasteiger partial charge < -0.3 is 9.64 Å². The lowest BCUT2D eigenvalue weighted by Gasteiger charge is -2.23. The molecule has 1 aliphatic rings. The van der Waals surface area contributed by atoms with E-state index in [1.807, 2.05) is 18.2 Å². The van der Waals surface area contributed by atoms with E-state index in [1.54, 1.807) is 7.11 Å². The first-order chi connectivity index (χ1) is 7.72. The van der Waals surface area contributed by atoms with E-state index < -0.39 is 0 Å². The number of likely N-dealkylation sites (N-methyl/N-ethyl adjacent to an activating group) is 1. The lowest BCUT2D eigenvalue weighted by Crippen LogP contribution is -2.30. The van der Waals surface area contributed by atoms with E-state index in [2.05, 4.69) is 23.9 Å². The van der Waals surface area contributed by atoms with Crippen LogP contribution in [0, 0.1) is 5.53 Å². The van der Waals surface area contributed by atoms with Gasteiger partial charge in [0.2, 0.25) is 0 Å². The van der Waals surface area contributed by atoms with E-state index in [1.165, 1.54) is 0 Å². The zero-order chi connectivity index (χ0) is 11.7. The van der Waals surface area contributed by atoms with Crippen molar-refractivity contribution in [3.05, 3.63) is 23.8 Å². The molecule has 1 unspecified atom stereocenters.